The van der Waals surface area contributed by atoms with Gasteiger partial charge in [-0.2, -0.15) is 0 Å². The van der Waals surface area contributed by atoms with Crippen LogP contribution in [-0.4, -0.2) is 13.1 Å². The van der Waals surface area contributed by atoms with Gasteiger partial charge in [-0.25, -0.2) is 0 Å². The van der Waals surface area contributed by atoms with E-state index < -0.39 is 0 Å². The molecule has 0 amide bonds. The van der Waals surface area contributed by atoms with Crippen LogP contribution in [0.1, 0.15) is 37.7 Å². The van der Waals surface area contributed by atoms with E-state index >= 15 is 0 Å². The third-order valence-electron chi connectivity index (χ3n) is 6.22. The summed E-state index contributed by atoms with van der Waals surface area (Å²) in [5.74, 6) is 2.98. The highest BCUT2D eigenvalue weighted by molar-refractivity contribution is 9.10. The van der Waals surface area contributed by atoms with Crippen molar-refractivity contribution in [2.45, 2.75) is 44.6 Å². The molecule has 3 atom stereocenters. The van der Waals surface area contributed by atoms with Crippen molar-refractivity contribution >= 4 is 15.9 Å². The molecule has 0 aliphatic heterocycles. The standard InChI is InChI=1S/C18H24BrN/c1-20-17-15-6-13-5-14(7-15)11-18(17,10-13)9-12-3-2-4-16(19)8-12/h2-4,8,13-15,17,20H,5-7,9-11H2,1H3. The van der Waals surface area contributed by atoms with Crippen LogP contribution in [0, 0.1) is 23.2 Å². The van der Waals surface area contributed by atoms with Crippen molar-refractivity contribution in [1.29, 1.82) is 0 Å². The molecule has 4 aliphatic carbocycles. The molecular weight excluding hydrogens is 310 g/mol. The van der Waals surface area contributed by atoms with Crippen LogP contribution in [-0.2, 0) is 6.42 Å². The number of halogens is 1. The summed E-state index contributed by atoms with van der Waals surface area (Å²) in [4.78, 5) is 0. The first kappa shape index (κ1) is 13.3. The van der Waals surface area contributed by atoms with Crippen LogP contribution in [0.25, 0.3) is 0 Å². The lowest BCUT2D eigenvalue weighted by Crippen LogP contribution is -2.61. The molecule has 0 saturated heterocycles. The smallest absolute Gasteiger partial charge is 0.0177 e. The first-order valence-corrected chi connectivity index (χ1v) is 8.89. The molecule has 4 fully saturated rings. The summed E-state index contributed by atoms with van der Waals surface area (Å²) >= 11 is 3.63. The van der Waals surface area contributed by atoms with E-state index in [2.05, 4.69) is 52.6 Å². The van der Waals surface area contributed by atoms with Gasteiger partial charge in [-0.3, -0.25) is 0 Å². The normalized spacial score (nSPS) is 42.1. The lowest BCUT2D eigenvalue weighted by molar-refractivity contribution is -0.0820. The zero-order valence-electron chi connectivity index (χ0n) is 12.2. The lowest BCUT2D eigenvalue weighted by Gasteiger charge is -2.61. The Morgan fingerprint density at radius 1 is 1.20 bits per heavy atom. The van der Waals surface area contributed by atoms with Gasteiger partial charge in [0.2, 0.25) is 0 Å². The Morgan fingerprint density at radius 2 is 1.95 bits per heavy atom. The molecule has 4 bridgehead atoms. The van der Waals surface area contributed by atoms with Crippen molar-refractivity contribution in [3.8, 4) is 0 Å². The maximum absolute atomic E-state index is 3.71. The first-order valence-electron chi connectivity index (χ1n) is 8.10. The van der Waals surface area contributed by atoms with Crippen molar-refractivity contribution in [3.63, 3.8) is 0 Å². The number of rotatable bonds is 3. The molecule has 2 heteroatoms. The Kier molecular flexibility index (Phi) is 3.23. The zero-order chi connectivity index (χ0) is 13.7. The summed E-state index contributed by atoms with van der Waals surface area (Å²) in [7, 11) is 2.19. The van der Waals surface area contributed by atoms with Gasteiger partial charge in [0.25, 0.3) is 0 Å². The van der Waals surface area contributed by atoms with E-state index in [1.165, 1.54) is 48.6 Å². The second-order valence-corrected chi connectivity index (χ2v) is 8.46. The van der Waals surface area contributed by atoms with E-state index in [1.807, 2.05) is 0 Å². The van der Waals surface area contributed by atoms with E-state index in [1.54, 1.807) is 0 Å². The Labute approximate surface area is 130 Å². The lowest BCUT2D eigenvalue weighted by atomic mass is 9.46. The third-order valence-corrected chi connectivity index (χ3v) is 6.71. The van der Waals surface area contributed by atoms with Gasteiger partial charge in [0.15, 0.2) is 0 Å². The molecule has 1 aromatic carbocycles. The summed E-state index contributed by atoms with van der Waals surface area (Å²) in [5, 5.41) is 3.71. The minimum Gasteiger partial charge on any atom is -0.316 e. The summed E-state index contributed by atoms with van der Waals surface area (Å²) < 4.78 is 1.22. The van der Waals surface area contributed by atoms with Crippen LogP contribution in [0.3, 0.4) is 0 Å². The summed E-state index contributed by atoms with van der Waals surface area (Å²) in [6.07, 6.45) is 8.68. The minimum absolute atomic E-state index is 0.532. The Hall–Kier alpha value is -0.340. The molecule has 1 nitrogen and oxygen atoms in total. The van der Waals surface area contributed by atoms with Crippen molar-refractivity contribution in [3.05, 3.63) is 34.3 Å². The Morgan fingerprint density at radius 3 is 2.60 bits per heavy atom. The quantitative estimate of drug-likeness (QED) is 0.864. The fourth-order valence-electron chi connectivity index (χ4n) is 6.06. The van der Waals surface area contributed by atoms with Gasteiger partial charge >= 0.3 is 0 Å². The predicted molar refractivity (Wildman–Crippen MR) is 86.7 cm³/mol. The molecule has 1 N–H and O–H groups in total. The van der Waals surface area contributed by atoms with Crippen LogP contribution in [0.5, 0.6) is 0 Å². The molecule has 1 aromatic rings. The number of hydrogen-bond acceptors (Lipinski definition) is 1. The average Bonchev–Trinajstić information content (AvgIpc) is 2.37. The fourth-order valence-corrected chi connectivity index (χ4v) is 6.51. The third kappa shape index (κ3) is 2.07. The molecule has 4 saturated carbocycles. The zero-order valence-corrected chi connectivity index (χ0v) is 13.8. The number of hydrogen-bond donors (Lipinski definition) is 1. The second kappa shape index (κ2) is 4.84. The topological polar surface area (TPSA) is 12.0 Å². The molecule has 0 aromatic heterocycles. The van der Waals surface area contributed by atoms with E-state index in [9.17, 15) is 0 Å². The van der Waals surface area contributed by atoms with Crippen molar-refractivity contribution < 1.29 is 0 Å². The summed E-state index contributed by atoms with van der Waals surface area (Å²) in [6.45, 7) is 0. The van der Waals surface area contributed by atoms with Crippen LogP contribution in [0.4, 0.5) is 0 Å². The van der Waals surface area contributed by atoms with E-state index in [0.29, 0.717) is 5.41 Å². The molecule has 20 heavy (non-hydrogen) atoms. The predicted octanol–water partition coefficient (Wildman–Crippen LogP) is 4.41. The highest BCUT2D eigenvalue weighted by atomic mass is 79.9. The van der Waals surface area contributed by atoms with E-state index in [-0.39, 0.29) is 0 Å². The highest BCUT2D eigenvalue weighted by Crippen LogP contribution is 2.61. The molecule has 5 rings (SSSR count). The van der Waals surface area contributed by atoms with E-state index in [0.717, 1.165) is 23.8 Å². The van der Waals surface area contributed by atoms with Crippen molar-refractivity contribution in [2.75, 3.05) is 7.05 Å². The molecule has 0 radical (unpaired) electrons. The maximum atomic E-state index is 3.71. The van der Waals surface area contributed by atoms with Crippen LogP contribution >= 0.6 is 15.9 Å². The van der Waals surface area contributed by atoms with Crippen LogP contribution in [0.15, 0.2) is 28.7 Å². The summed E-state index contributed by atoms with van der Waals surface area (Å²) in [6, 6.07) is 9.71. The van der Waals surface area contributed by atoms with Crippen LogP contribution in [0.2, 0.25) is 0 Å². The Bertz CT molecular complexity index is 498. The second-order valence-electron chi connectivity index (χ2n) is 7.54. The average molecular weight is 334 g/mol. The maximum Gasteiger partial charge on any atom is 0.0177 e. The van der Waals surface area contributed by atoms with Gasteiger partial charge in [-0.1, -0.05) is 28.1 Å². The van der Waals surface area contributed by atoms with Gasteiger partial charge in [0, 0.05) is 10.5 Å². The number of benzene rings is 1. The van der Waals surface area contributed by atoms with Gasteiger partial charge in [0.1, 0.15) is 0 Å². The molecule has 0 heterocycles. The van der Waals surface area contributed by atoms with Gasteiger partial charge in [-0.15, -0.1) is 0 Å². The molecule has 0 spiro atoms. The molecular formula is C18H24BrN. The van der Waals surface area contributed by atoms with Crippen molar-refractivity contribution in [2.24, 2.45) is 23.2 Å². The van der Waals surface area contributed by atoms with Crippen LogP contribution < -0.4 is 5.32 Å². The van der Waals surface area contributed by atoms with E-state index in [4.69, 9.17) is 0 Å². The molecule has 3 unspecified atom stereocenters. The van der Waals surface area contributed by atoms with Gasteiger partial charge in [-0.05, 0) is 86.4 Å². The van der Waals surface area contributed by atoms with Gasteiger partial charge < -0.3 is 5.32 Å². The first-order chi connectivity index (χ1) is 9.68. The highest BCUT2D eigenvalue weighted by Gasteiger charge is 2.56. The van der Waals surface area contributed by atoms with Gasteiger partial charge in [0.05, 0.1) is 0 Å². The minimum atomic E-state index is 0.532. The number of nitrogens with one attached hydrogen (secondary N) is 1. The monoisotopic (exact) mass is 333 g/mol. The molecule has 4 aliphatic rings. The van der Waals surface area contributed by atoms with Crippen molar-refractivity contribution in [1.82, 2.24) is 5.32 Å². The SMILES string of the molecule is CNC1C2CC3CC(C2)CC1(Cc1cccc(Br)c1)C3. The fraction of sp³-hybridized carbons (Fsp3) is 0.667. The Balaban J connectivity index is 1.67. The summed E-state index contributed by atoms with van der Waals surface area (Å²) in [5.41, 5.74) is 2.05. The molecule has 108 valence electrons. The largest absolute Gasteiger partial charge is 0.316 e.